The van der Waals surface area contributed by atoms with E-state index in [-0.39, 0.29) is 28.7 Å². The van der Waals surface area contributed by atoms with Crippen molar-refractivity contribution in [3.05, 3.63) is 241 Å². The van der Waals surface area contributed by atoms with Gasteiger partial charge >= 0.3 is 12.4 Å². The predicted molar refractivity (Wildman–Crippen MR) is 331 cm³/mol. The van der Waals surface area contributed by atoms with Crippen LogP contribution in [0.25, 0.3) is 115 Å². The molecule has 83 heavy (non-hydrogen) atoms. The van der Waals surface area contributed by atoms with E-state index < -0.39 is 29.0 Å². The minimum Gasteiger partial charge on any atom is -0.319 e. The number of halogens is 6. The number of hydrogen-bond acceptors (Lipinski definition) is 0. The highest BCUT2D eigenvalue weighted by atomic mass is 19.4. The van der Waals surface area contributed by atoms with Crippen molar-refractivity contribution < 1.29 is 26.3 Å². The number of rotatable bonds is 7. The van der Waals surface area contributed by atoms with E-state index in [2.05, 4.69) is 145 Å². The molecule has 2 heterocycles. The lowest BCUT2D eigenvalue weighted by molar-refractivity contribution is -0.142. The summed E-state index contributed by atoms with van der Waals surface area (Å²) in [6.45, 7) is 31.8. The zero-order valence-electron chi connectivity index (χ0n) is 48.1. The van der Waals surface area contributed by atoms with Crippen LogP contribution < -0.4 is 0 Å². The first-order chi connectivity index (χ1) is 39.4. The summed E-state index contributed by atoms with van der Waals surface area (Å²) in [6.07, 6.45) is -10.3. The average molecular weight is 1100 g/mol. The maximum atomic E-state index is 16.0. The lowest BCUT2D eigenvalue weighted by Gasteiger charge is -2.22. The van der Waals surface area contributed by atoms with E-state index in [4.69, 9.17) is 0 Å². The average Bonchev–Trinajstić information content (AvgIpc) is 2.04. The second-order valence-electron chi connectivity index (χ2n) is 22.9. The summed E-state index contributed by atoms with van der Waals surface area (Å²) in [5.74, 6) is 0. The van der Waals surface area contributed by atoms with Crippen LogP contribution in [-0.2, 0) is 12.4 Å². The van der Waals surface area contributed by atoms with Crippen LogP contribution in [0.2, 0.25) is 0 Å². The summed E-state index contributed by atoms with van der Waals surface area (Å²) >= 11 is 0. The number of aryl methyl sites for hydroxylation is 11. The smallest absolute Gasteiger partial charge is 0.319 e. The lowest BCUT2D eigenvalue weighted by Crippen LogP contribution is -2.13. The fraction of sp³-hybridized carbons (Fsp3) is 0.176. The van der Waals surface area contributed by atoms with E-state index in [0.29, 0.717) is 22.1 Å². The van der Waals surface area contributed by atoms with Crippen molar-refractivity contribution >= 4 is 49.3 Å². The van der Waals surface area contributed by atoms with Gasteiger partial charge in [0.25, 0.3) is 0 Å². The van der Waals surface area contributed by atoms with Crippen molar-refractivity contribution in [1.29, 1.82) is 0 Å². The van der Waals surface area contributed by atoms with Crippen LogP contribution in [0, 0.1) is 82.7 Å². The van der Waals surface area contributed by atoms with Crippen LogP contribution in [0.3, 0.4) is 0 Å². The topological polar surface area (TPSA) is 14.2 Å². The summed E-state index contributed by atoms with van der Waals surface area (Å²) in [5, 5.41) is 3.29. The Morgan fingerprint density at radius 3 is 1.02 bits per heavy atom. The van der Waals surface area contributed by atoms with Crippen molar-refractivity contribution in [2.24, 2.45) is 0 Å². The van der Waals surface area contributed by atoms with Crippen LogP contribution in [0.5, 0.6) is 0 Å². The fourth-order valence-electron chi connectivity index (χ4n) is 13.8. The third kappa shape index (κ3) is 9.16. The van der Waals surface area contributed by atoms with Crippen molar-refractivity contribution in [3.63, 3.8) is 0 Å². The molecular weight excluding hydrogens is 1040 g/mol. The minimum atomic E-state index is -5.25. The highest BCUT2D eigenvalue weighted by Gasteiger charge is 2.39. The quantitative estimate of drug-likeness (QED) is 0.112. The van der Waals surface area contributed by atoms with Crippen molar-refractivity contribution in [2.45, 2.75) is 88.5 Å². The highest BCUT2D eigenvalue weighted by molar-refractivity contribution is 6.14. The van der Waals surface area contributed by atoms with Gasteiger partial charge in [-0.3, -0.25) is 0 Å². The molecule has 12 rings (SSSR count). The Morgan fingerprint density at radius 2 is 0.687 bits per heavy atom. The number of aromatic nitrogens is 2. The van der Waals surface area contributed by atoms with Gasteiger partial charge in [0.2, 0.25) is 5.69 Å². The Morgan fingerprint density at radius 1 is 0.337 bits per heavy atom. The normalized spacial score (nSPS) is 12.1. The van der Waals surface area contributed by atoms with Crippen LogP contribution in [0.4, 0.5) is 32.0 Å². The van der Waals surface area contributed by atoms with Gasteiger partial charge in [-0.2, -0.15) is 26.3 Å². The van der Waals surface area contributed by atoms with Crippen LogP contribution >= 0.6 is 0 Å². The highest BCUT2D eigenvalue weighted by Crippen LogP contribution is 2.50. The first-order valence-electron chi connectivity index (χ1n) is 27.7. The van der Waals surface area contributed by atoms with Gasteiger partial charge in [-0.05, 0) is 219 Å². The molecule has 0 atom stereocenters. The van der Waals surface area contributed by atoms with Gasteiger partial charge in [0, 0.05) is 32.8 Å². The van der Waals surface area contributed by atoms with E-state index in [9.17, 15) is 19.7 Å². The molecule has 0 fully saturated rings. The van der Waals surface area contributed by atoms with E-state index in [0.717, 1.165) is 139 Å². The molecule has 0 aliphatic rings. The zero-order valence-corrected chi connectivity index (χ0v) is 48.1. The Labute approximate surface area is 479 Å². The van der Waals surface area contributed by atoms with Crippen molar-refractivity contribution in [2.75, 3.05) is 0 Å². The van der Waals surface area contributed by atoms with Crippen LogP contribution in [0.1, 0.15) is 72.3 Å². The van der Waals surface area contributed by atoms with E-state index >= 15 is 13.2 Å². The molecule has 0 amide bonds. The third-order valence-electron chi connectivity index (χ3n) is 16.8. The SMILES string of the molecule is [C-]#[N+]c1cc(-n2c3cc(-c4c(C)cccc4C)ccc3c3ccc(-c4c(C)cc(C)cc4C)cc32)c(-c2ccc(C(F)(F)F)cc2C(F)(F)F)cc1-n1c2cc(-c3c(C)cc(C)cc3C)ccc2c2ccc(-c3c(C)cc(C)cc3C)cc21. The van der Waals surface area contributed by atoms with Crippen LogP contribution in [-0.4, -0.2) is 9.13 Å². The summed E-state index contributed by atoms with van der Waals surface area (Å²) in [7, 11) is 0. The van der Waals surface area contributed by atoms with Gasteiger partial charge in [-0.15, -0.1) is 0 Å². The molecule has 0 saturated heterocycles. The van der Waals surface area contributed by atoms with Crippen LogP contribution in [0.15, 0.2) is 158 Å². The molecule has 0 aliphatic heterocycles. The monoisotopic (exact) mass is 1100 g/mol. The van der Waals surface area contributed by atoms with Gasteiger partial charge < -0.3 is 9.13 Å². The second-order valence-corrected chi connectivity index (χ2v) is 22.9. The predicted octanol–water partition coefficient (Wildman–Crippen LogP) is 22.2. The molecule has 12 aromatic rings. The molecule has 10 aromatic carbocycles. The molecular formula is C74H59F6N3. The third-order valence-corrected chi connectivity index (χ3v) is 16.8. The number of benzene rings is 10. The van der Waals surface area contributed by atoms with Gasteiger partial charge in [-0.1, -0.05) is 126 Å². The zero-order chi connectivity index (χ0) is 58.9. The summed E-state index contributed by atoms with van der Waals surface area (Å²) in [4.78, 5) is 4.29. The Bertz CT molecular complexity index is 4580. The number of hydrogen-bond donors (Lipinski definition) is 0. The number of alkyl halides is 6. The molecule has 0 N–H and O–H groups in total. The summed E-state index contributed by atoms with van der Waals surface area (Å²) in [5.41, 5.74) is 19.2. The minimum absolute atomic E-state index is 0.0180. The molecule has 2 aromatic heterocycles. The summed E-state index contributed by atoms with van der Waals surface area (Å²) in [6, 6.07) is 48.7. The van der Waals surface area contributed by atoms with Gasteiger partial charge in [0.1, 0.15) is 0 Å². The summed E-state index contributed by atoms with van der Waals surface area (Å²) < 4.78 is 96.2. The van der Waals surface area contributed by atoms with E-state index in [1.165, 1.54) is 0 Å². The first-order valence-corrected chi connectivity index (χ1v) is 27.7. The lowest BCUT2D eigenvalue weighted by atomic mass is 9.92. The maximum Gasteiger partial charge on any atom is 0.417 e. The molecule has 0 spiro atoms. The second kappa shape index (κ2) is 19.8. The Balaban J connectivity index is 1.27. The molecule has 3 nitrogen and oxygen atoms in total. The van der Waals surface area contributed by atoms with Crippen molar-refractivity contribution in [1.82, 2.24) is 9.13 Å². The van der Waals surface area contributed by atoms with Gasteiger partial charge in [0.15, 0.2) is 0 Å². The molecule has 0 radical (unpaired) electrons. The van der Waals surface area contributed by atoms with Crippen molar-refractivity contribution in [3.8, 4) is 67.0 Å². The Kier molecular flexibility index (Phi) is 13.0. The molecule has 0 aliphatic carbocycles. The molecule has 412 valence electrons. The van der Waals surface area contributed by atoms with E-state index in [1.54, 1.807) is 12.1 Å². The van der Waals surface area contributed by atoms with Gasteiger partial charge in [0.05, 0.1) is 45.5 Å². The molecule has 0 saturated carbocycles. The molecule has 9 heteroatoms. The fourth-order valence-corrected chi connectivity index (χ4v) is 13.8. The standard InChI is InChI=1S/C74H59F6N3/c1-39-26-44(6)70(45(7)27-39)51-17-22-57-56-21-16-50(69-42(4)14-13-15-43(69)5)32-63(56)82(64(57)33-51)67-38-62(81-12)68(37-60(67)55-25-20-54(73(75,76)77)36-61(55)74(78,79)80)83-65-34-52(71-46(8)28-40(2)29-47(71)9)18-23-58(65)59-24-19-53(35-66(59)83)72-48(10)30-41(3)31-49(72)11/h13-38H,1-11H3. The maximum absolute atomic E-state index is 16.0. The van der Waals surface area contributed by atoms with E-state index in [1.807, 2.05) is 72.4 Å². The Hall–Kier alpha value is -9.13. The molecule has 0 unspecified atom stereocenters. The number of fused-ring (bicyclic) bond motifs is 6. The van der Waals surface area contributed by atoms with Gasteiger partial charge in [-0.25, -0.2) is 4.85 Å². The number of nitrogens with zero attached hydrogens (tertiary/aromatic N) is 3. The molecule has 0 bridgehead atoms. The first kappa shape index (κ1) is 54.5. The largest absolute Gasteiger partial charge is 0.417 e.